The fraction of sp³-hybridized carbons (Fsp3) is 0.200. The molecule has 144 valence electrons. The normalized spacial score (nSPS) is 10.5. The van der Waals surface area contributed by atoms with Gasteiger partial charge in [0.2, 0.25) is 11.6 Å². The third kappa shape index (κ3) is 4.67. The number of rotatable bonds is 8. The Hall–Kier alpha value is -3.81. The van der Waals surface area contributed by atoms with E-state index in [2.05, 4.69) is 15.4 Å². The van der Waals surface area contributed by atoms with E-state index < -0.39 is 26.5 Å². The van der Waals surface area contributed by atoms with Crippen molar-refractivity contribution < 1.29 is 13.3 Å². The fourth-order valence-electron chi connectivity index (χ4n) is 2.13. The van der Waals surface area contributed by atoms with E-state index in [4.69, 9.17) is 10.5 Å². The van der Waals surface area contributed by atoms with Gasteiger partial charge in [0.15, 0.2) is 0 Å². The lowest BCUT2D eigenvalue weighted by atomic mass is 10.2. The summed E-state index contributed by atoms with van der Waals surface area (Å²) in [6, 6.07) is 9.51. The molecule has 0 fully saturated rings. The zero-order valence-electron chi connectivity index (χ0n) is 14.5. The fourth-order valence-corrected chi connectivity index (χ4v) is 2.97. The van der Waals surface area contributed by atoms with Crippen molar-refractivity contribution in [3.8, 4) is 12.1 Å². The maximum Gasteiger partial charge on any atom is 0.354 e. The van der Waals surface area contributed by atoms with Gasteiger partial charge in [0.25, 0.3) is 10.0 Å². The summed E-state index contributed by atoms with van der Waals surface area (Å²) in [6.07, 6.45) is 0.951. The number of benzene rings is 1. The number of aryl methyl sites for hydroxylation is 1. The molecule has 0 unspecified atom stereocenters. The van der Waals surface area contributed by atoms with Crippen LogP contribution in [0.4, 0.5) is 17.3 Å². The molecule has 0 radical (unpaired) electrons. The molecule has 1 aromatic carbocycles. The summed E-state index contributed by atoms with van der Waals surface area (Å²) < 4.78 is 24.7. The first kappa shape index (κ1) is 20.5. The zero-order chi connectivity index (χ0) is 20.7. The van der Waals surface area contributed by atoms with Crippen molar-refractivity contribution in [2.45, 2.75) is 11.8 Å². The highest BCUT2D eigenvalue weighted by molar-refractivity contribution is 7.89. The lowest BCUT2D eigenvalue weighted by Crippen LogP contribution is -2.31. The number of nitriles is 2. The molecule has 13 heteroatoms. The van der Waals surface area contributed by atoms with Crippen LogP contribution in [0, 0.1) is 39.7 Å². The van der Waals surface area contributed by atoms with Gasteiger partial charge in [-0.3, -0.25) is 15.5 Å². The van der Waals surface area contributed by atoms with E-state index in [1.54, 1.807) is 31.2 Å². The molecule has 0 aliphatic heterocycles. The quantitative estimate of drug-likeness (QED) is 0.365. The Morgan fingerprint density at radius 1 is 1.18 bits per heavy atom. The summed E-state index contributed by atoms with van der Waals surface area (Å²) in [5.41, 5.74) is 2.38. The number of anilines is 2. The first-order chi connectivity index (χ1) is 13.3. The van der Waals surface area contributed by atoms with Crippen molar-refractivity contribution in [2.24, 2.45) is 0 Å². The van der Waals surface area contributed by atoms with Crippen molar-refractivity contribution >= 4 is 27.3 Å². The van der Waals surface area contributed by atoms with E-state index in [1.165, 1.54) is 12.1 Å². The molecule has 1 heterocycles. The highest BCUT2D eigenvalue weighted by atomic mass is 32.2. The van der Waals surface area contributed by atoms with Crippen LogP contribution in [0.15, 0.2) is 35.5 Å². The van der Waals surface area contributed by atoms with Crippen LogP contribution in [0.1, 0.15) is 5.56 Å². The Morgan fingerprint density at radius 2 is 1.79 bits per heavy atom. The van der Waals surface area contributed by atoms with E-state index in [0.29, 0.717) is 0 Å². The van der Waals surface area contributed by atoms with Gasteiger partial charge in [-0.05, 0) is 19.1 Å². The molecule has 0 saturated carbocycles. The highest BCUT2D eigenvalue weighted by Gasteiger charge is 2.28. The zero-order valence-corrected chi connectivity index (χ0v) is 15.3. The average Bonchev–Trinajstić information content (AvgIpc) is 2.66. The minimum absolute atomic E-state index is 0.0573. The van der Waals surface area contributed by atoms with E-state index in [-0.39, 0.29) is 23.8 Å². The molecule has 1 aromatic heterocycles. The molecule has 0 aliphatic carbocycles. The summed E-state index contributed by atoms with van der Waals surface area (Å²) in [6.45, 7) is 1.13. The second kappa shape index (κ2) is 8.72. The Bertz CT molecular complexity index is 1040. The van der Waals surface area contributed by atoms with Crippen molar-refractivity contribution in [1.82, 2.24) is 14.8 Å². The molecule has 2 N–H and O–H groups in total. The van der Waals surface area contributed by atoms with Crippen molar-refractivity contribution in [3.05, 3.63) is 46.3 Å². The number of sulfonamides is 1. The van der Waals surface area contributed by atoms with Crippen molar-refractivity contribution in [3.63, 3.8) is 0 Å². The molecule has 0 saturated heterocycles. The number of hydrogen-bond acceptors (Lipinski definition) is 10. The minimum Gasteiger partial charge on any atom is -0.324 e. The van der Waals surface area contributed by atoms with Gasteiger partial charge in [0.1, 0.15) is 19.4 Å². The smallest absolute Gasteiger partial charge is 0.324 e. The summed E-state index contributed by atoms with van der Waals surface area (Å²) in [4.78, 5) is 21.2. The van der Waals surface area contributed by atoms with Gasteiger partial charge >= 0.3 is 5.69 Å². The van der Waals surface area contributed by atoms with Gasteiger partial charge < -0.3 is 4.90 Å². The minimum atomic E-state index is -4.03. The van der Waals surface area contributed by atoms with Gasteiger partial charge in [-0.2, -0.15) is 10.5 Å². The Morgan fingerprint density at radius 3 is 2.32 bits per heavy atom. The predicted octanol–water partition coefficient (Wildman–Crippen LogP) is 0.852. The molecule has 12 nitrogen and oxygen atoms in total. The second-order valence-corrected chi connectivity index (χ2v) is 7.05. The van der Waals surface area contributed by atoms with Crippen LogP contribution < -0.4 is 15.2 Å². The highest BCUT2D eigenvalue weighted by Crippen LogP contribution is 2.31. The maximum atomic E-state index is 12.3. The average molecular weight is 402 g/mol. The van der Waals surface area contributed by atoms with Crippen LogP contribution >= 0.6 is 0 Å². The SMILES string of the molecule is Cc1ccc(S(=O)(=O)NNc2ncnc(N(CC#N)CC#N)c2[N+](=O)[O-])cc1. The van der Waals surface area contributed by atoms with Crippen LogP contribution in [-0.4, -0.2) is 36.4 Å². The molecule has 0 amide bonds. The van der Waals surface area contributed by atoms with Crippen LogP contribution in [0.3, 0.4) is 0 Å². The van der Waals surface area contributed by atoms with Crippen LogP contribution in [0.5, 0.6) is 0 Å². The summed E-state index contributed by atoms with van der Waals surface area (Å²) in [7, 11) is -4.03. The Balaban J connectivity index is 2.37. The summed E-state index contributed by atoms with van der Waals surface area (Å²) in [5.74, 6) is -0.730. The molecule has 2 aromatic rings. The monoisotopic (exact) mass is 402 g/mol. The molecule has 2 rings (SSSR count). The number of hydrogen-bond donors (Lipinski definition) is 2. The van der Waals surface area contributed by atoms with Crippen molar-refractivity contribution in [2.75, 3.05) is 23.4 Å². The number of hydrazine groups is 1. The van der Waals surface area contributed by atoms with Crippen molar-refractivity contribution in [1.29, 1.82) is 10.5 Å². The van der Waals surface area contributed by atoms with E-state index in [1.807, 2.05) is 4.83 Å². The summed E-state index contributed by atoms with van der Waals surface area (Å²) >= 11 is 0. The predicted molar refractivity (Wildman–Crippen MR) is 97.2 cm³/mol. The first-order valence-electron chi connectivity index (χ1n) is 7.63. The molecule has 0 aliphatic rings. The second-order valence-electron chi connectivity index (χ2n) is 5.37. The van der Waals surface area contributed by atoms with E-state index >= 15 is 0 Å². The van der Waals surface area contributed by atoms with Crippen LogP contribution in [0.2, 0.25) is 0 Å². The third-order valence-electron chi connectivity index (χ3n) is 3.44. The molecule has 0 bridgehead atoms. The standard InChI is InChI=1S/C15H14N8O4S/c1-11-2-4-12(5-3-11)28(26,27)21-20-14-13(23(24)25)15(19-10-18-14)22(8-6-16)9-7-17/h2-5,10,21H,8-9H2,1H3,(H,18,19,20). The summed E-state index contributed by atoms with van der Waals surface area (Å²) in [5, 5.41) is 29.2. The molecule has 0 spiro atoms. The van der Waals surface area contributed by atoms with Crippen LogP contribution in [-0.2, 0) is 10.0 Å². The largest absolute Gasteiger partial charge is 0.354 e. The topological polar surface area (TPSA) is 178 Å². The molecule has 0 atom stereocenters. The number of aromatic nitrogens is 2. The molecular formula is C15H14N8O4S. The van der Waals surface area contributed by atoms with Gasteiger partial charge in [0.05, 0.1) is 22.0 Å². The lowest BCUT2D eigenvalue weighted by Gasteiger charge is -2.17. The van der Waals surface area contributed by atoms with E-state index in [9.17, 15) is 18.5 Å². The number of nitrogens with zero attached hydrogens (tertiary/aromatic N) is 6. The first-order valence-corrected chi connectivity index (χ1v) is 9.11. The lowest BCUT2D eigenvalue weighted by molar-refractivity contribution is -0.383. The maximum absolute atomic E-state index is 12.3. The molecule has 28 heavy (non-hydrogen) atoms. The van der Waals surface area contributed by atoms with Crippen LogP contribution in [0.25, 0.3) is 0 Å². The third-order valence-corrected chi connectivity index (χ3v) is 4.71. The van der Waals surface area contributed by atoms with Gasteiger partial charge in [0, 0.05) is 0 Å². The number of nitrogens with one attached hydrogen (secondary N) is 2. The van der Waals surface area contributed by atoms with Gasteiger partial charge in [-0.25, -0.2) is 18.4 Å². The Labute approximate surface area is 160 Å². The van der Waals surface area contributed by atoms with Gasteiger partial charge in [-0.15, -0.1) is 4.83 Å². The van der Waals surface area contributed by atoms with E-state index in [0.717, 1.165) is 16.8 Å². The Kier molecular flexibility index (Phi) is 6.38. The number of nitro groups is 1. The van der Waals surface area contributed by atoms with Gasteiger partial charge in [-0.1, -0.05) is 17.7 Å². The molecular weight excluding hydrogens is 388 g/mol.